The molecule has 1 N–H and O–H groups in total. The smallest absolute Gasteiger partial charge is 0.182 e. The third kappa shape index (κ3) is 1.94. The van der Waals surface area contributed by atoms with Gasteiger partial charge >= 0.3 is 0 Å². The highest BCUT2D eigenvalue weighted by Gasteiger charge is 2.10. The van der Waals surface area contributed by atoms with Crippen molar-refractivity contribution in [2.45, 2.75) is 6.61 Å². The van der Waals surface area contributed by atoms with Gasteiger partial charge in [0.25, 0.3) is 0 Å². The predicted molar refractivity (Wildman–Crippen MR) is 55.1 cm³/mol. The highest BCUT2D eigenvalue weighted by Crippen LogP contribution is 2.24. The van der Waals surface area contributed by atoms with Crippen LogP contribution >= 0.6 is 23.2 Å². The SMILES string of the molecule is OCc1nnnn1-c1ccc(Cl)cc1Cl. The third-order valence-corrected chi connectivity index (χ3v) is 2.35. The first-order valence-corrected chi connectivity index (χ1v) is 4.81. The van der Waals surface area contributed by atoms with E-state index in [2.05, 4.69) is 15.5 Å². The van der Waals surface area contributed by atoms with Crippen LogP contribution in [0.2, 0.25) is 10.0 Å². The normalized spacial score (nSPS) is 10.6. The van der Waals surface area contributed by atoms with Gasteiger partial charge in [0.1, 0.15) is 6.61 Å². The molecule has 5 nitrogen and oxygen atoms in total. The molecule has 0 aliphatic carbocycles. The van der Waals surface area contributed by atoms with Crippen LogP contribution in [0.5, 0.6) is 0 Å². The fourth-order valence-corrected chi connectivity index (χ4v) is 1.63. The van der Waals surface area contributed by atoms with Crippen LogP contribution in [0.3, 0.4) is 0 Å². The van der Waals surface area contributed by atoms with E-state index in [4.69, 9.17) is 28.3 Å². The molecule has 1 aromatic heterocycles. The van der Waals surface area contributed by atoms with Gasteiger partial charge in [0, 0.05) is 5.02 Å². The number of halogens is 2. The van der Waals surface area contributed by atoms with Crippen LogP contribution in [-0.2, 0) is 6.61 Å². The summed E-state index contributed by atoms with van der Waals surface area (Å²) in [6.07, 6.45) is 0. The van der Waals surface area contributed by atoms with Crippen LogP contribution in [0, 0.1) is 0 Å². The first-order chi connectivity index (χ1) is 7.22. The first kappa shape index (κ1) is 10.4. The number of hydrogen-bond donors (Lipinski definition) is 1. The summed E-state index contributed by atoms with van der Waals surface area (Å²) in [5.41, 5.74) is 0.579. The Morgan fingerprint density at radius 1 is 1.33 bits per heavy atom. The second-order valence-electron chi connectivity index (χ2n) is 2.76. The van der Waals surface area contributed by atoms with E-state index in [9.17, 15) is 0 Å². The number of hydrogen-bond acceptors (Lipinski definition) is 4. The second-order valence-corrected chi connectivity index (χ2v) is 3.60. The molecule has 78 valence electrons. The molecular weight excluding hydrogens is 239 g/mol. The summed E-state index contributed by atoms with van der Waals surface area (Å²) in [6.45, 7) is -0.258. The Morgan fingerprint density at radius 3 is 2.80 bits per heavy atom. The Hall–Kier alpha value is -1.17. The summed E-state index contributed by atoms with van der Waals surface area (Å²) in [5.74, 6) is 0.319. The van der Waals surface area contributed by atoms with E-state index in [1.807, 2.05) is 0 Å². The third-order valence-electron chi connectivity index (χ3n) is 1.81. The molecule has 0 amide bonds. The Bertz CT molecular complexity index is 485. The van der Waals surface area contributed by atoms with Gasteiger partial charge in [-0.2, -0.15) is 4.68 Å². The Morgan fingerprint density at radius 2 is 2.13 bits per heavy atom. The minimum Gasteiger partial charge on any atom is -0.388 e. The van der Waals surface area contributed by atoms with Gasteiger partial charge in [0.15, 0.2) is 5.82 Å². The van der Waals surface area contributed by atoms with Gasteiger partial charge in [-0.3, -0.25) is 0 Å². The quantitative estimate of drug-likeness (QED) is 0.869. The van der Waals surface area contributed by atoms with E-state index in [0.29, 0.717) is 21.6 Å². The molecule has 0 unspecified atom stereocenters. The number of benzene rings is 1. The number of rotatable bonds is 2. The standard InChI is InChI=1S/C8H6Cl2N4O/c9-5-1-2-7(6(10)3-5)14-8(4-15)11-12-13-14/h1-3,15H,4H2. The molecule has 0 aliphatic heterocycles. The zero-order chi connectivity index (χ0) is 10.8. The minimum absolute atomic E-state index is 0.258. The van der Waals surface area contributed by atoms with Crippen molar-refractivity contribution in [1.29, 1.82) is 0 Å². The van der Waals surface area contributed by atoms with Crippen LogP contribution in [0.15, 0.2) is 18.2 Å². The molecule has 0 radical (unpaired) electrons. The lowest BCUT2D eigenvalue weighted by Gasteiger charge is -2.04. The predicted octanol–water partition coefficient (Wildman–Crippen LogP) is 1.46. The van der Waals surface area contributed by atoms with Crippen molar-refractivity contribution < 1.29 is 5.11 Å². The second kappa shape index (κ2) is 4.14. The van der Waals surface area contributed by atoms with Crippen LogP contribution in [0.25, 0.3) is 5.69 Å². The molecule has 0 bridgehead atoms. The molecule has 0 aliphatic rings. The lowest BCUT2D eigenvalue weighted by molar-refractivity contribution is 0.268. The highest BCUT2D eigenvalue weighted by molar-refractivity contribution is 6.35. The van der Waals surface area contributed by atoms with Crippen molar-refractivity contribution in [3.05, 3.63) is 34.1 Å². The maximum atomic E-state index is 8.98. The van der Waals surface area contributed by atoms with Gasteiger partial charge in [0.2, 0.25) is 0 Å². The zero-order valence-electron chi connectivity index (χ0n) is 7.43. The Kier molecular flexibility index (Phi) is 2.86. The molecule has 2 rings (SSSR count). The molecule has 7 heteroatoms. The van der Waals surface area contributed by atoms with E-state index >= 15 is 0 Å². The molecular formula is C8H6Cl2N4O. The van der Waals surface area contributed by atoms with Gasteiger partial charge < -0.3 is 5.11 Å². The average Bonchev–Trinajstić information content (AvgIpc) is 2.65. The van der Waals surface area contributed by atoms with Gasteiger partial charge in [-0.1, -0.05) is 23.2 Å². The molecule has 1 aromatic carbocycles. The molecule has 0 spiro atoms. The van der Waals surface area contributed by atoms with E-state index < -0.39 is 0 Å². The molecule has 0 atom stereocenters. The maximum Gasteiger partial charge on any atom is 0.182 e. The van der Waals surface area contributed by atoms with Crippen molar-refractivity contribution in [2.24, 2.45) is 0 Å². The molecule has 0 saturated carbocycles. The minimum atomic E-state index is -0.258. The first-order valence-electron chi connectivity index (χ1n) is 4.06. The molecule has 2 aromatic rings. The Labute approximate surface area is 95.2 Å². The van der Waals surface area contributed by atoms with Crippen LogP contribution in [0.1, 0.15) is 5.82 Å². The topological polar surface area (TPSA) is 63.8 Å². The molecule has 0 fully saturated rings. The molecule has 15 heavy (non-hydrogen) atoms. The van der Waals surface area contributed by atoms with Gasteiger partial charge in [-0.15, -0.1) is 5.10 Å². The number of tetrazole rings is 1. The summed E-state index contributed by atoms with van der Waals surface area (Å²) >= 11 is 11.7. The maximum absolute atomic E-state index is 8.98. The van der Waals surface area contributed by atoms with Crippen molar-refractivity contribution in [3.8, 4) is 5.69 Å². The largest absolute Gasteiger partial charge is 0.388 e. The lowest BCUT2D eigenvalue weighted by atomic mass is 10.3. The Balaban J connectivity index is 2.54. The lowest BCUT2D eigenvalue weighted by Crippen LogP contribution is -2.03. The van der Waals surface area contributed by atoms with Gasteiger partial charge in [-0.25, -0.2) is 0 Å². The summed E-state index contributed by atoms with van der Waals surface area (Å²) in [7, 11) is 0. The fraction of sp³-hybridized carbons (Fsp3) is 0.125. The van der Waals surface area contributed by atoms with Crippen molar-refractivity contribution in [3.63, 3.8) is 0 Å². The zero-order valence-corrected chi connectivity index (χ0v) is 8.94. The van der Waals surface area contributed by atoms with Crippen LogP contribution < -0.4 is 0 Å². The number of nitrogens with zero attached hydrogens (tertiary/aromatic N) is 4. The van der Waals surface area contributed by atoms with Crippen molar-refractivity contribution in [1.82, 2.24) is 20.2 Å². The highest BCUT2D eigenvalue weighted by atomic mass is 35.5. The van der Waals surface area contributed by atoms with Crippen molar-refractivity contribution in [2.75, 3.05) is 0 Å². The van der Waals surface area contributed by atoms with Gasteiger partial charge in [0.05, 0.1) is 10.7 Å². The summed E-state index contributed by atoms with van der Waals surface area (Å²) in [4.78, 5) is 0. The van der Waals surface area contributed by atoms with Crippen LogP contribution in [-0.4, -0.2) is 25.3 Å². The van der Waals surface area contributed by atoms with E-state index in [1.165, 1.54) is 4.68 Å². The monoisotopic (exact) mass is 244 g/mol. The summed E-state index contributed by atoms with van der Waals surface area (Å²) < 4.78 is 1.36. The van der Waals surface area contributed by atoms with E-state index in [-0.39, 0.29) is 6.61 Å². The van der Waals surface area contributed by atoms with Crippen molar-refractivity contribution >= 4 is 23.2 Å². The molecule has 1 heterocycles. The number of aliphatic hydroxyl groups is 1. The number of aromatic nitrogens is 4. The molecule has 0 saturated heterocycles. The fourth-order valence-electron chi connectivity index (χ4n) is 1.14. The average molecular weight is 245 g/mol. The number of aliphatic hydroxyl groups excluding tert-OH is 1. The summed E-state index contributed by atoms with van der Waals surface area (Å²) in [5, 5.41) is 20.7. The van der Waals surface area contributed by atoms with Crippen LogP contribution in [0.4, 0.5) is 0 Å². The van der Waals surface area contributed by atoms with Gasteiger partial charge in [-0.05, 0) is 28.6 Å². The van der Waals surface area contributed by atoms with E-state index in [0.717, 1.165) is 0 Å². The van der Waals surface area contributed by atoms with E-state index in [1.54, 1.807) is 18.2 Å². The summed E-state index contributed by atoms with van der Waals surface area (Å²) in [6, 6.07) is 4.94.